The first-order valence-electron chi connectivity index (χ1n) is 6.99. The zero-order valence-corrected chi connectivity index (χ0v) is 13.5. The molecule has 1 aromatic heterocycles. The van der Waals surface area contributed by atoms with Gasteiger partial charge in [-0.05, 0) is 24.3 Å². The van der Waals surface area contributed by atoms with Crippen LogP contribution in [0.4, 0.5) is 0 Å². The Morgan fingerprint density at radius 3 is 2.50 bits per heavy atom. The largest absolute Gasteiger partial charge is 0.489 e. The van der Waals surface area contributed by atoms with Gasteiger partial charge in [-0.3, -0.25) is 0 Å². The van der Waals surface area contributed by atoms with E-state index in [4.69, 9.17) is 14.6 Å². The average molecular weight is 300 g/mol. The third-order valence-electron chi connectivity index (χ3n) is 2.81. The molecule has 0 aliphatic rings. The fourth-order valence-electron chi connectivity index (χ4n) is 1.56. The van der Waals surface area contributed by atoms with E-state index in [2.05, 4.69) is 13.8 Å². The van der Waals surface area contributed by atoms with Crippen LogP contribution in [0.3, 0.4) is 0 Å². The summed E-state index contributed by atoms with van der Waals surface area (Å²) in [5.74, 6) is 0.453. The van der Waals surface area contributed by atoms with Crippen molar-refractivity contribution in [3.63, 3.8) is 0 Å². The topological polar surface area (TPSA) is 55.8 Å². The third-order valence-corrected chi connectivity index (χ3v) is 4.21. The summed E-state index contributed by atoms with van der Waals surface area (Å²) in [5.41, 5.74) is 0. The van der Waals surface area contributed by atoms with Crippen LogP contribution >= 0.6 is 11.3 Å². The number of ether oxygens (including phenoxy) is 2. The van der Waals surface area contributed by atoms with Gasteiger partial charge < -0.3 is 14.6 Å². The molecule has 1 rings (SSSR count). The van der Waals surface area contributed by atoms with E-state index in [1.165, 1.54) is 11.3 Å². The highest BCUT2D eigenvalue weighted by molar-refractivity contribution is 7.14. The van der Waals surface area contributed by atoms with Crippen molar-refractivity contribution in [1.82, 2.24) is 0 Å². The second-order valence-electron chi connectivity index (χ2n) is 5.45. The molecule has 0 bridgehead atoms. The fraction of sp³-hybridized carbons (Fsp3) is 0.667. The quantitative estimate of drug-likeness (QED) is 0.700. The normalized spacial score (nSPS) is 11.3. The van der Waals surface area contributed by atoms with Gasteiger partial charge in [-0.1, -0.05) is 27.7 Å². The van der Waals surface area contributed by atoms with E-state index in [0.717, 1.165) is 11.3 Å². The molecule has 0 amide bonds. The molecule has 0 unspecified atom stereocenters. The van der Waals surface area contributed by atoms with Crippen molar-refractivity contribution in [1.29, 1.82) is 0 Å². The van der Waals surface area contributed by atoms with Gasteiger partial charge in [0.15, 0.2) is 4.88 Å². The van der Waals surface area contributed by atoms with Gasteiger partial charge in [0.1, 0.15) is 12.4 Å². The average Bonchev–Trinajstić information content (AvgIpc) is 2.77. The molecule has 0 spiro atoms. The number of carboxylic acid groups (broad SMARTS) is 1. The van der Waals surface area contributed by atoms with Crippen molar-refractivity contribution in [3.05, 3.63) is 15.8 Å². The van der Waals surface area contributed by atoms with Crippen molar-refractivity contribution in [2.75, 3.05) is 19.8 Å². The van der Waals surface area contributed by atoms with Crippen LogP contribution in [-0.4, -0.2) is 30.9 Å². The van der Waals surface area contributed by atoms with Crippen LogP contribution < -0.4 is 4.74 Å². The lowest BCUT2D eigenvalue weighted by Crippen LogP contribution is -2.09. The summed E-state index contributed by atoms with van der Waals surface area (Å²) in [7, 11) is 0. The maximum Gasteiger partial charge on any atom is 0.349 e. The van der Waals surface area contributed by atoms with Crippen molar-refractivity contribution < 1.29 is 19.4 Å². The zero-order valence-electron chi connectivity index (χ0n) is 12.6. The predicted molar refractivity (Wildman–Crippen MR) is 81.1 cm³/mol. The van der Waals surface area contributed by atoms with Crippen LogP contribution in [0.2, 0.25) is 0 Å². The summed E-state index contributed by atoms with van der Waals surface area (Å²) in [6.45, 7) is 9.96. The minimum atomic E-state index is -0.933. The number of carbonyl (C=O) groups is 1. The van der Waals surface area contributed by atoms with E-state index in [9.17, 15) is 4.79 Å². The number of rotatable bonds is 9. The van der Waals surface area contributed by atoms with Crippen molar-refractivity contribution in [2.24, 2.45) is 5.92 Å². The molecule has 0 saturated carbocycles. The molecule has 0 atom stereocenters. The Hall–Kier alpha value is -1.07. The fourth-order valence-corrected chi connectivity index (χ4v) is 2.51. The molecule has 20 heavy (non-hydrogen) atoms. The van der Waals surface area contributed by atoms with Gasteiger partial charge in [-0.25, -0.2) is 4.79 Å². The Kier molecular flexibility index (Phi) is 7.02. The molecule has 0 aromatic carbocycles. The highest BCUT2D eigenvalue weighted by atomic mass is 32.1. The summed E-state index contributed by atoms with van der Waals surface area (Å²) in [4.78, 5) is 12.5. The summed E-state index contributed by atoms with van der Waals surface area (Å²) >= 11 is 1.28. The Bertz CT molecular complexity index is 424. The van der Waals surface area contributed by atoms with Gasteiger partial charge in [-0.2, -0.15) is 0 Å². The van der Waals surface area contributed by atoms with Crippen LogP contribution in [0.25, 0.3) is 0 Å². The minimum absolute atomic E-state index is 0.274. The van der Waals surface area contributed by atoms with Gasteiger partial charge >= 0.3 is 5.97 Å². The van der Waals surface area contributed by atoms with Crippen LogP contribution in [-0.2, 0) is 4.74 Å². The van der Waals surface area contributed by atoms with Crippen molar-refractivity contribution >= 4 is 17.3 Å². The molecule has 114 valence electrons. The van der Waals surface area contributed by atoms with Gasteiger partial charge in [0.05, 0.1) is 6.61 Å². The van der Waals surface area contributed by atoms with E-state index >= 15 is 0 Å². The smallest absolute Gasteiger partial charge is 0.349 e. The van der Waals surface area contributed by atoms with Gasteiger partial charge in [0.25, 0.3) is 0 Å². The SMILES string of the molecule is CC(C)CCOCCOc1cc(C(C)C)sc1C(=O)O. The maximum absolute atomic E-state index is 11.2. The van der Waals surface area contributed by atoms with Gasteiger partial charge in [0.2, 0.25) is 0 Å². The Morgan fingerprint density at radius 1 is 1.25 bits per heavy atom. The second-order valence-corrected chi connectivity index (χ2v) is 6.53. The first-order chi connectivity index (χ1) is 9.41. The number of hydrogen-bond acceptors (Lipinski definition) is 4. The lowest BCUT2D eigenvalue weighted by molar-refractivity contribution is 0.0689. The highest BCUT2D eigenvalue weighted by Gasteiger charge is 2.18. The minimum Gasteiger partial charge on any atom is -0.489 e. The molecule has 0 saturated heterocycles. The molecular weight excluding hydrogens is 276 g/mol. The highest BCUT2D eigenvalue weighted by Crippen LogP contribution is 2.33. The van der Waals surface area contributed by atoms with E-state index in [1.54, 1.807) is 0 Å². The number of carboxylic acids is 1. The number of thiophene rings is 1. The molecule has 1 aromatic rings. The molecule has 0 aliphatic heterocycles. The first-order valence-corrected chi connectivity index (χ1v) is 7.81. The Morgan fingerprint density at radius 2 is 1.95 bits per heavy atom. The van der Waals surface area contributed by atoms with Crippen LogP contribution in [0.1, 0.15) is 54.6 Å². The van der Waals surface area contributed by atoms with Crippen LogP contribution in [0.5, 0.6) is 5.75 Å². The molecule has 0 radical (unpaired) electrons. The Balaban J connectivity index is 2.44. The Labute approximate surface area is 124 Å². The van der Waals surface area contributed by atoms with Gasteiger partial charge in [-0.15, -0.1) is 11.3 Å². The molecule has 0 aliphatic carbocycles. The monoisotopic (exact) mass is 300 g/mol. The maximum atomic E-state index is 11.2. The summed E-state index contributed by atoms with van der Waals surface area (Å²) in [6.07, 6.45) is 1.02. The molecule has 5 heteroatoms. The summed E-state index contributed by atoms with van der Waals surface area (Å²) in [5, 5.41) is 9.16. The molecular formula is C15H24O4S. The summed E-state index contributed by atoms with van der Waals surface area (Å²) in [6, 6.07) is 1.83. The van der Waals surface area contributed by atoms with Crippen LogP contribution in [0.15, 0.2) is 6.07 Å². The first kappa shape index (κ1) is 17.0. The van der Waals surface area contributed by atoms with E-state index in [1.807, 2.05) is 19.9 Å². The standard InChI is InChI=1S/C15H24O4S/c1-10(2)5-6-18-7-8-19-12-9-13(11(3)4)20-14(12)15(16)17/h9-11H,5-8H2,1-4H3,(H,16,17). The predicted octanol–water partition coefficient (Wildman–Crippen LogP) is 4.01. The van der Waals surface area contributed by atoms with E-state index < -0.39 is 5.97 Å². The number of hydrogen-bond donors (Lipinski definition) is 1. The molecule has 1 N–H and O–H groups in total. The lowest BCUT2D eigenvalue weighted by atomic mass is 10.1. The van der Waals surface area contributed by atoms with Crippen LogP contribution in [0, 0.1) is 5.92 Å². The zero-order chi connectivity index (χ0) is 15.1. The van der Waals surface area contributed by atoms with Crippen molar-refractivity contribution in [3.8, 4) is 5.75 Å². The summed E-state index contributed by atoms with van der Waals surface area (Å²) < 4.78 is 11.0. The van der Waals surface area contributed by atoms with Crippen molar-refractivity contribution in [2.45, 2.75) is 40.0 Å². The second kappa shape index (κ2) is 8.27. The lowest BCUT2D eigenvalue weighted by Gasteiger charge is -2.08. The van der Waals surface area contributed by atoms with Gasteiger partial charge in [0, 0.05) is 11.5 Å². The third kappa shape index (κ3) is 5.51. The molecule has 4 nitrogen and oxygen atoms in total. The number of aromatic carboxylic acids is 1. The van der Waals surface area contributed by atoms with E-state index in [-0.39, 0.29) is 4.88 Å². The molecule has 1 heterocycles. The molecule has 0 fully saturated rings. The van der Waals surface area contributed by atoms with E-state index in [0.29, 0.717) is 37.4 Å².